The van der Waals surface area contributed by atoms with E-state index in [1.54, 1.807) is 0 Å². The first-order chi connectivity index (χ1) is 8.59. The summed E-state index contributed by atoms with van der Waals surface area (Å²) in [5.74, 6) is 0.378. The molecule has 3 heteroatoms. The Morgan fingerprint density at radius 3 is 2.39 bits per heavy atom. The third-order valence-electron chi connectivity index (χ3n) is 3.08. The largest absolute Gasteiger partial charge is 0.366 e. The van der Waals surface area contributed by atoms with Gasteiger partial charge >= 0.3 is 0 Å². The maximum atomic E-state index is 5.93. The van der Waals surface area contributed by atoms with Crippen molar-refractivity contribution < 1.29 is 14.2 Å². The lowest BCUT2D eigenvalue weighted by molar-refractivity contribution is -0.275. The van der Waals surface area contributed by atoms with Gasteiger partial charge in [0.05, 0.1) is 19.8 Å². The Bertz CT molecular complexity index is 353. The second-order valence-corrected chi connectivity index (χ2v) is 5.46. The second-order valence-electron chi connectivity index (χ2n) is 5.46. The van der Waals surface area contributed by atoms with Gasteiger partial charge in [0.25, 0.3) is 0 Å². The lowest BCUT2D eigenvalue weighted by atomic mass is 10.1. The van der Waals surface area contributed by atoms with Crippen molar-refractivity contribution in [1.82, 2.24) is 0 Å². The van der Waals surface area contributed by atoms with Gasteiger partial charge < -0.3 is 14.2 Å². The molecule has 0 N–H and O–H groups in total. The molecule has 2 rings (SSSR count). The molecular weight excluding hydrogens is 228 g/mol. The van der Waals surface area contributed by atoms with E-state index in [1.807, 2.05) is 25.1 Å². The van der Waals surface area contributed by atoms with E-state index in [0.29, 0.717) is 25.7 Å². The van der Waals surface area contributed by atoms with Crippen LogP contribution in [-0.4, -0.2) is 25.1 Å². The van der Waals surface area contributed by atoms with Gasteiger partial charge in [0.15, 0.2) is 6.29 Å². The van der Waals surface area contributed by atoms with E-state index < -0.39 is 0 Å². The van der Waals surface area contributed by atoms with Crippen LogP contribution in [0.25, 0.3) is 0 Å². The summed E-state index contributed by atoms with van der Waals surface area (Å²) >= 11 is 0. The van der Waals surface area contributed by atoms with Gasteiger partial charge in [-0.25, -0.2) is 0 Å². The van der Waals surface area contributed by atoms with Crippen LogP contribution in [0.1, 0.15) is 26.3 Å². The summed E-state index contributed by atoms with van der Waals surface area (Å²) in [7, 11) is 0. The lowest BCUT2D eigenvalue weighted by Gasteiger charge is -2.38. The molecule has 100 valence electrons. The third kappa shape index (κ3) is 3.55. The van der Waals surface area contributed by atoms with Crippen LogP contribution < -0.4 is 0 Å². The molecule has 0 atom stereocenters. The summed E-state index contributed by atoms with van der Waals surface area (Å²) in [6.45, 7) is 7.99. The summed E-state index contributed by atoms with van der Waals surface area (Å²) in [6.07, 6.45) is -0.0987. The number of hydrogen-bond acceptors (Lipinski definition) is 3. The predicted octanol–water partition coefficient (Wildman–Crippen LogP) is 2.99. The minimum Gasteiger partial charge on any atom is -0.366 e. The number of rotatable bonds is 4. The minimum atomic E-state index is -0.346. The fraction of sp³-hybridized carbons (Fsp3) is 0.600. The Morgan fingerprint density at radius 1 is 1.22 bits per heavy atom. The monoisotopic (exact) mass is 250 g/mol. The maximum absolute atomic E-state index is 5.93. The molecule has 0 saturated carbocycles. The zero-order chi connectivity index (χ0) is 13.0. The molecular formula is C15H22O3. The van der Waals surface area contributed by atoms with Gasteiger partial charge in [0.1, 0.15) is 5.60 Å². The highest BCUT2D eigenvalue weighted by Gasteiger charge is 2.34. The Balaban J connectivity index is 1.83. The van der Waals surface area contributed by atoms with Gasteiger partial charge in [0, 0.05) is 5.92 Å². The van der Waals surface area contributed by atoms with Gasteiger partial charge in [-0.1, -0.05) is 44.2 Å². The first kappa shape index (κ1) is 13.5. The van der Waals surface area contributed by atoms with Crippen LogP contribution in [-0.2, 0) is 20.8 Å². The average molecular weight is 250 g/mol. The van der Waals surface area contributed by atoms with Crippen molar-refractivity contribution >= 4 is 0 Å². The van der Waals surface area contributed by atoms with Crippen molar-refractivity contribution in [2.24, 2.45) is 5.92 Å². The molecule has 0 amide bonds. The van der Waals surface area contributed by atoms with Crippen LogP contribution in [0, 0.1) is 5.92 Å². The average Bonchev–Trinajstić information content (AvgIpc) is 2.38. The number of benzene rings is 1. The molecule has 0 radical (unpaired) electrons. The first-order valence-electron chi connectivity index (χ1n) is 6.50. The van der Waals surface area contributed by atoms with E-state index in [1.165, 1.54) is 5.56 Å². The molecule has 1 aliphatic rings. The van der Waals surface area contributed by atoms with Gasteiger partial charge in [0.2, 0.25) is 0 Å². The first-order valence-corrected chi connectivity index (χ1v) is 6.50. The Hall–Kier alpha value is -0.900. The second kappa shape index (κ2) is 5.83. The van der Waals surface area contributed by atoms with Crippen LogP contribution in [0.2, 0.25) is 0 Å². The van der Waals surface area contributed by atoms with Crippen molar-refractivity contribution in [3.8, 4) is 0 Å². The lowest BCUT2D eigenvalue weighted by Crippen LogP contribution is -2.48. The molecule has 18 heavy (non-hydrogen) atoms. The van der Waals surface area contributed by atoms with E-state index in [0.717, 1.165) is 0 Å². The van der Waals surface area contributed by atoms with Crippen molar-refractivity contribution in [3.05, 3.63) is 35.9 Å². The van der Waals surface area contributed by atoms with Crippen LogP contribution in [0.4, 0.5) is 0 Å². The molecule has 3 nitrogen and oxygen atoms in total. The quantitative estimate of drug-likeness (QED) is 0.822. The number of ether oxygens (including phenoxy) is 3. The molecule has 1 aliphatic heterocycles. The molecule has 1 fully saturated rings. The third-order valence-corrected chi connectivity index (χ3v) is 3.08. The van der Waals surface area contributed by atoms with E-state index in [9.17, 15) is 0 Å². The van der Waals surface area contributed by atoms with Crippen LogP contribution in [0.15, 0.2) is 30.3 Å². The van der Waals surface area contributed by atoms with Crippen LogP contribution in [0.3, 0.4) is 0 Å². The summed E-state index contributed by atoms with van der Waals surface area (Å²) in [5, 5.41) is 0. The fourth-order valence-corrected chi connectivity index (χ4v) is 1.91. The molecule has 0 aliphatic carbocycles. The molecule has 0 unspecified atom stereocenters. The summed E-state index contributed by atoms with van der Waals surface area (Å²) < 4.78 is 17.3. The zero-order valence-corrected chi connectivity index (χ0v) is 11.4. The molecule has 1 aromatic rings. The zero-order valence-electron chi connectivity index (χ0n) is 11.4. The standard InChI is InChI=1S/C15H22O3/c1-12(2)14-16-10-15(3,11-17-14)18-9-13-7-5-4-6-8-13/h4-8,12,14H,9-11H2,1-3H3/t14-,15+. The fourth-order valence-electron chi connectivity index (χ4n) is 1.91. The number of hydrogen-bond donors (Lipinski definition) is 0. The molecule has 0 spiro atoms. The summed E-state index contributed by atoms with van der Waals surface area (Å²) in [4.78, 5) is 0. The molecule has 1 saturated heterocycles. The van der Waals surface area contributed by atoms with Gasteiger partial charge in [-0.3, -0.25) is 0 Å². The smallest absolute Gasteiger partial charge is 0.160 e. The molecule has 1 aromatic carbocycles. The molecule has 1 heterocycles. The summed E-state index contributed by atoms with van der Waals surface area (Å²) in [5.41, 5.74) is 0.825. The highest BCUT2D eigenvalue weighted by atomic mass is 16.7. The van der Waals surface area contributed by atoms with Crippen molar-refractivity contribution in [2.45, 2.75) is 39.3 Å². The maximum Gasteiger partial charge on any atom is 0.160 e. The topological polar surface area (TPSA) is 27.7 Å². The van der Waals surface area contributed by atoms with Crippen molar-refractivity contribution in [3.63, 3.8) is 0 Å². The Labute approximate surface area is 109 Å². The molecule has 0 bridgehead atoms. The predicted molar refractivity (Wildman–Crippen MR) is 70.2 cm³/mol. The van der Waals surface area contributed by atoms with E-state index >= 15 is 0 Å². The minimum absolute atomic E-state index is 0.0987. The van der Waals surface area contributed by atoms with E-state index in [2.05, 4.69) is 26.0 Å². The normalized spacial score (nSPS) is 28.6. The Kier molecular flexibility index (Phi) is 4.38. The van der Waals surface area contributed by atoms with E-state index in [-0.39, 0.29) is 11.9 Å². The molecule has 0 aromatic heterocycles. The SMILES string of the molecule is CC(C)[C@H]1OC[C@@](C)(OCc2ccccc2)CO1. The van der Waals surface area contributed by atoms with Crippen molar-refractivity contribution in [1.29, 1.82) is 0 Å². The van der Waals surface area contributed by atoms with Crippen LogP contribution >= 0.6 is 0 Å². The van der Waals surface area contributed by atoms with Crippen LogP contribution in [0.5, 0.6) is 0 Å². The Morgan fingerprint density at radius 2 is 1.83 bits per heavy atom. The van der Waals surface area contributed by atoms with Crippen molar-refractivity contribution in [2.75, 3.05) is 13.2 Å². The van der Waals surface area contributed by atoms with Gasteiger partial charge in [-0.05, 0) is 12.5 Å². The summed E-state index contributed by atoms with van der Waals surface area (Å²) in [6, 6.07) is 10.2. The van der Waals surface area contributed by atoms with E-state index in [4.69, 9.17) is 14.2 Å². The highest BCUT2D eigenvalue weighted by Crippen LogP contribution is 2.24. The highest BCUT2D eigenvalue weighted by molar-refractivity contribution is 5.13. The van der Waals surface area contributed by atoms with Gasteiger partial charge in [-0.2, -0.15) is 0 Å². The van der Waals surface area contributed by atoms with Gasteiger partial charge in [-0.15, -0.1) is 0 Å².